The van der Waals surface area contributed by atoms with E-state index in [9.17, 15) is 0 Å². The molecule has 0 saturated carbocycles. The molecule has 86 heavy (non-hydrogen) atoms. The maximum Gasteiger partial charge on any atom is 0.248 e. The molecule has 4 heteroatoms. The number of aryl methyl sites for hydroxylation is 6. The summed E-state index contributed by atoms with van der Waals surface area (Å²) in [5.41, 5.74) is 40.0. The maximum absolute atomic E-state index is 2.74. The second kappa shape index (κ2) is 19.0. The van der Waals surface area contributed by atoms with Gasteiger partial charge in [-0.3, -0.25) is 0 Å². The Kier molecular flexibility index (Phi) is 11.7. The Bertz CT molecular complexity index is 4550. The summed E-state index contributed by atoms with van der Waals surface area (Å²) in [5.74, 6) is 1.34. The number of para-hydroxylation sites is 2. The standard InChI is InChI=1S/C82H74B2N2/c1-43(2)53-25-27-67-71(35-53)85(57-21-17-15-18-22-57)73-37-55(45(5)6)33-65-61-39-60(76-51(13)31-48(10)32-52(76)14)64-42-70-78-62(40-59(75-49(11)29-47(9)30-50(75)12)63-41-69(83(67)81(65)73)77(61)79(64)80(63)78)66-34-56(46(7)8)38-74-82(66)84(70)68-28-26-54(44(3)4)36-72(68)86(74)58-23-19-16-20-24-58/h15-46H,1-14H3. The Morgan fingerprint density at radius 1 is 0.291 bits per heavy atom. The Balaban J connectivity index is 1.16. The van der Waals surface area contributed by atoms with E-state index in [1.165, 1.54) is 199 Å². The molecule has 0 fully saturated rings. The highest BCUT2D eigenvalue weighted by Gasteiger charge is 2.46. The van der Waals surface area contributed by atoms with E-state index in [2.05, 4.69) is 277 Å². The van der Waals surface area contributed by atoms with Crippen molar-refractivity contribution in [3.05, 3.63) is 225 Å². The lowest BCUT2D eigenvalue weighted by atomic mass is 9.31. The van der Waals surface area contributed by atoms with E-state index >= 15 is 0 Å². The van der Waals surface area contributed by atoms with Crippen LogP contribution in [0.5, 0.6) is 0 Å². The Morgan fingerprint density at radius 3 is 0.988 bits per heavy atom. The molecule has 16 rings (SSSR count). The number of hydrogen-bond acceptors (Lipinski definition) is 2. The fourth-order valence-electron chi connectivity index (χ4n) is 16.8. The van der Waals surface area contributed by atoms with Crippen LogP contribution in [0.3, 0.4) is 0 Å². The SMILES string of the molecule is Cc1cc(C)c(-c2cc3c4c(cc5c(-c6c(C)cc(C)cc6C)cc6c7c(cc2c4c57)B2c4ccc(C(C)C)cc4N(c4ccccc4)c4cc(C(C)C)cc-6c42)B2c4ccc(C(C)C)cc4N(c4ccccc4)c4cc(C(C)C)cc-3c42)c(C)c1. The molecule has 0 saturated heterocycles. The van der Waals surface area contributed by atoms with Gasteiger partial charge in [0.15, 0.2) is 0 Å². The third kappa shape index (κ3) is 7.41. The zero-order valence-corrected chi connectivity index (χ0v) is 52.5. The van der Waals surface area contributed by atoms with Crippen LogP contribution in [-0.4, -0.2) is 13.4 Å². The molecular weight excluding hydrogens is 1030 g/mol. The van der Waals surface area contributed by atoms with Crippen molar-refractivity contribution in [2.75, 3.05) is 9.80 Å². The van der Waals surface area contributed by atoms with E-state index in [0.717, 1.165) is 0 Å². The fourth-order valence-corrected chi connectivity index (χ4v) is 16.8. The van der Waals surface area contributed by atoms with E-state index in [4.69, 9.17) is 0 Å². The Labute approximate surface area is 510 Å². The van der Waals surface area contributed by atoms with Crippen LogP contribution >= 0.6 is 0 Å². The molecule has 0 spiro atoms. The van der Waals surface area contributed by atoms with Gasteiger partial charge in [-0.1, -0.05) is 187 Å². The Morgan fingerprint density at radius 2 is 0.640 bits per heavy atom. The summed E-state index contributed by atoms with van der Waals surface area (Å²) < 4.78 is 0. The molecule has 0 aliphatic carbocycles. The molecule has 0 aromatic heterocycles. The molecule has 4 aliphatic rings. The van der Waals surface area contributed by atoms with Crippen LogP contribution in [0.2, 0.25) is 0 Å². The molecule has 418 valence electrons. The summed E-state index contributed by atoms with van der Waals surface area (Å²) in [6.45, 7) is 32.8. The van der Waals surface area contributed by atoms with Gasteiger partial charge in [0.25, 0.3) is 0 Å². The van der Waals surface area contributed by atoms with E-state index in [1.807, 2.05) is 0 Å². The molecule has 0 radical (unpaired) electrons. The van der Waals surface area contributed by atoms with Crippen molar-refractivity contribution < 1.29 is 0 Å². The van der Waals surface area contributed by atoms with Crippen molar-refractivity contribution in [2.24, 2.45) is 0 Å². The van der Waals surface area contributed by atoms with Gasteiger partial charge in [0, 0.05) is 34.1 Å². The van der Waals surface area contributed by atoms with Crippen molar-refractivity contribution in [2.45, 2.75) is 121 Å². The highest BCUT2D eigenvalue weighted by molar-refractivity contribution is 7.02. The molecule has 2 nitrogen and oxygen atoms in total. The maximum atomic E-state index is 2.74. The van der Waals surface area contributed by atoms with Gasteiger partial charge < -0.3 is 9.80 Å². The first-order chi connectivity index (χ1) is 41.4. The van der Waals surface area contributed by atoms with E-state index in [1.54, 1.807) is 0 Å². The highest BCUT2D eigenvalue weighted by atomic mass is 15.2. The van der Waals surface area contributed by atoms with Crippen LogP contribution < -0.4 is 42.6 Å². The summed E-state index contributed by atoms with van der Waals surface area (Å²) >= 11 is 0. The number of fused-ring (bicyclic) bond motifs is 8. The van der Waals surface area contributed by atoms with Gasteiger partial charge in [0.2, 0.25) is 13.4 Å². The Hall–Kier alpha value is -8.59. The number of anilines is 6. The van der Waals surface area contributed by atoms with Crippen LogP contribution in [0, 0.1) is 41.5 Å². The van der Waals surface area contributed by atoms with Crippen LogP contribution in [0.4, 0.5) is 34.1 Å². The van der Waals surface area contributed by atoms with Gasteiger partial charge in [0.05, 0.1) is 0 Å². The molecule has 0 atom stereocenters. The third-order valence-corrected chi connectivity index (χ3v) is 20.6. The van der Waals surface area contributed by atoms with Gasteiger partial charge in [-0.05, 0) is 269 Å². The van der Waals surface area contributed by atoms with E-state index in [0.29, 0.717) is 23.7 Å². The van der Waals surface area contributed by atoms with E-state index < -0.39 is 0 Å². The topological polar surface area (TPSA) is 6.48 Å². The molecule has 0 unspecified atom stereocenters. The molecule has 4 aliphatic heterocycles. The molecular formula is C82H74B2N2. The minimum atomic E-state index is -0.0217. The fraction of sp³-hybridized carbons (Fsp3) is 0.220. The number of rotatable bonds is 8. The molecule has 0 N–H and O–H groups in total. The van der Waals surface area contributed by atoms with Crippen molar-refractivity contribution in [3.63, 3.8) is 0 Å². The van der Waals surface area contributed by atoms with Crippen LogP contribution in [-0.2, 0) is 0 Å². The van der Waals surface area contributed by atoms with Crippen molar-refractivity contribution in [1.82, 2.24) is 0 Å². The number of hydrogen-bond donors (Lipinski definition) is 0. The van der Waals surface area contributed by atoms with Gasteiger partial charge in [-0.25, -0.2) is 0 Å². The van der Waals surface area contributed by atoms with Crippen LogP contribution in [0.25, 0.3) is 76.8 Å². The van der Waals surface area contributed by atoms with E-state index in [-0.39, 0.29) is 13.4 Å². The predicted molar refractivity (Wildman–Crippen MR) is 375 cm³/mol. The third-order valence-electron chi connectivity index (χ3n) is 20.6. The summed E-state index contributed by atoms with van der Waals surface area (Å²) in [4.78, 5) is 5.24. The average Bonchev–Trinajstić information content (AvgIpc) is 0.880. The first kappa shape index (κ1) is 52.9. The lowest BCUT2D eigenvalue weighted by Crippen LogP contribution is -2.60. The quantitative estimate of drug-likeness (QED) is 0.111. The van der Waals surface area contributed by atoms with Gasteiger partial charge >= 0.3 is 0 Å². The van der Waals surface area contributed by atoms with Crippen molar-refractivity contribution in [1.29, 1.82) is 0 Å². The molecule has 12 aromatic rings. The largest absolute Gasteiger partial charge is 0.311 e. The van der Waals surface area contributed by atoms with Crippen LogP contribution in [0.1, 0.15) is 135 Å². The number of nitrogens with zero attached hydrogens (tertiary/aromatic N) is 2. The highest BCUT2D eigenvalue weighted by Crippen LogP contribution is 2.54. The summed E-state index contributed by atoms with van der Waals surface area (Å²) in [6.07, 6.45) is 0. The van der Waals surface area contributed by atoms with Gasteiger partial charge in [-0.2, -0.15) is 0 Å². The summed E-state index contributed by atoms with van der Waals surface area (Å²) in [5, 5.41) is 8.33. The molecule has 0 bridgehead atoms. The predicted octanol–water partition coefficient (Wildman–Crippen LogP) is 18.8. The number of benzene rings is 12. The molecule has 12 aromatic carbocycles. The lowest BCUT2D eigenvalue weighted by molar-refractivity contribution is 0.865. The zero-order chi connectivity index (χ0) is 59.2. The minimum Gasteiger partial charge on any atom is -0.311 e. The molecule has 4 heterocycles. The first-order valence-corrected chi connectivity index (χ1v) is 31.8. The molecule has 0 amide bonds. The smallest absolute Gasteiger partial charge is 0.248 e. The second-order valence-electron chi connectivity index (χ2n) is 27.5. The summed E-state index contributed by atoms with van der Waals surface area (Å²) in [6, 6.07) is 68.3. The van der Waals surface area contributed by atoms with Crippen molar-refractivity contribution in [3.8, 4) is 44.5 Å². The second-order valence-corrected chi connectivity index (χ2v) is 27.5. The monoisotopic (exact) mass is 1110 g/mol. The zero-order valence-electron chi connectivity index (χ0n) is 52.5. The normalized spacial score (nSPS) is 13.6. The van der Waals surface area contributed by atoms with Crippen LogP contribution in [0.15, 0.2) is 170 Å². The van der Waals surface area contributed by atoms with Gasteiger partial charge in [0.1, 0.15) is 0 Å². The average molecular weight is 1110 g/mol. The lowest BCUT2D eigenvalue weighted by Gasteiger charge is -2.43. The minimum absolute atomic E-state index is 0.0217. The van der Waals surface area contributed by atoms with Crippen molar-refractivity contribution >= 4 is 113 Å². The summed E-state index contributed by atoms with van der Waals surface area (Å²) in [7, 11) is 0. The first-order valence-electron chi connectivity index (χ1n) is 31.8. The van der Waals surface area contributed by atoms with Gasteiger partial charge in [-0.15, -0.1) is 0 Å².